The number of rotatable bonds is 7. The first kappa shape index (κ1) is 20.0. The number of anilines is 1. The van der Waals surface area contributed by atoms with Crippen LogP contribution in [0.1, 0.15) is 17.3 Å². The van der Waals surface area contributed by atoms with Crippen LogP contribution in [0, 0.1) is 11.3 Å². The molecule has 0 unspecified atom stereocenters. The number of hydrogen-bond donors (Lipinski definition) is 1. The third-order valence-electron chi connectivity index (χ3n) is 5.20. The summed E-state index contributed by atoms with van der Waals surface area (Å²) in [4.78, 5) is 6.74. The Kier molecular flexibility index (Phi) is 6.28. The maximum absolute atomic E-state index is 9.53. The van der Waals surface area contributed by atoms with Gasteiger partial charge in [0.25, 0.3) is 0 Å². The van der Waals surface area contributed by atoms with Crippen molar-refractivity contribution in [2.75, 3.05) is 45.3 Å². The molecule has 154 valence electrons. The van der Waals surface area contributed by atoms with Crippen LogP contribution >= 0.6 is 0 Å². The predicted molar refractivity (Wildman–Crippen MR) is 113 cm³/mol. The normalized spacial score (nSPS) is 15.3. The van der Waals surface area contributed by atoms with E-state index < -0.39 is 0 Å². The van der Waals surface area contributed by atoms with Crippen LogP contribution in [0.2, 0.25) is 0 Å². The number of morpholine rings is 1. The number of aromatic nitrogens is 1. The van der Waals surface area contributed by atoms with Gasteiger partial charge < -0.3 is 19.2 Å². The fourth-order valence-electron chi connectivity index (χ4n) is 3.58. The maximum Gasteiger partial charge on any atom is 0.232 e. The van der Waals surface area contributed by atoms with Crippen LogP contribution in [-0.4, -0.2) is 49.8 Å². The Morgan fingerprint density at radius 1 is 1.13 bits per heavy atom. The molecule has 1 N–H and O–H groups in total. The van der Waals surface area contributed by atoms with E-state index in [4.69, 9.17) is 13.9 Å². The standard InChI is InChI=1S/C23H24N4O3/c1-28-19-9-7-18(8-10-19)22-26-20(15-24)23(30-22)25-16-21(17-5-3-2-4-6-17)27-11-13-29-14-12-27/h2-10,21,25H,11-14,16H2,1H3/t21-/m1/s1. The minimum atomic E-state index is 0.135. The Morgan fingerprint density at radius 3 is 2.53 bits per heavy atom. The molecule has 1 fully saturated rings. The SMILES string of the molecule is COc1ccc(-c2nc(C#N)c(NC[C@H](c3ccccc3)N3CCOCC3)o2)cc1. The van der Waals surface area contributed by atoms with Crippen molar-refractivity contribution in [3.05, 3.63) is 65.9 Å². The van der Waals surface area contributed by atoms with E-state index in [2.05, 4.69) is 33.4 Å². The molecule has 30 heavy (non-hydrogen) atoms. The second kappa shape index (κ2) is 9.44. The molecule has 1 aliphatic heterocycles. The third-order valence-corrected chi connectivity index (χ3v) is 5.20. The molecular formula is C23H24N4O3. The Labute approximate surface area is 175 Å². The quantitative estimate of drug-likeness (QED) is 0.643. The molecule has 0 radical (unpaired) electrons. The highest BCUT2D eigenvalue weighted by Crippen LogP contribution is 2.28. The van der Waals surface area contributed by atoms with Crippen molar-refractivity contribution >= 4 is 5.88 Å². The average molecular weight is 404 g/mol. The molecule has 0 spiro atoms. The van der Waals surface area contributed by atoms with E-state index in [1.54, 1.807) is 7.11 Å². The van der Waals surface area contributed by atoms with E-state index in [0.717, 1.165) is 37.6 Å². The van der Waals surface area contributed by atoms with E-state index >= 15 is 0 Å². The summed E-state index contributed by atoms with van der Waals surface area (Å²) in [6, 6.07) is 20.0. The monoisotopic (exact) mass is 404 g/mol. The first-order valence-corrected chi connectivity index (χ1v) is 9.94. The lowest BCUT2D eigenvalue weighted by Crippen LogP contribution is -2.41. The predicted octanol–water partition coefficient (Wildman–Crippen LogP) is 3.71. The summed E-state index contributed by atoms with van der Waals surface area (Å²) in [5, 5.41) is 12.8. The van der Waals surface area contributed by atoms with Crippen LogP contribution < -0.4 is 10.1 Å². The van der Waals surface area contributed by atoms with Crippen LogP contribution in [0.4, 0.5) is 5.88 Å². The molecule has 1 aromatic heterocycles. The van der Waals surface area contributed by atoms with Gasteiger partial charge in [-0.3, -0.25) is 4.90 Å². The van der Waals surface area contributed by atoms with Crippen LogP contribution in [0.3, 0.4) is 0 Å². The zero-order valence-corrected chi connectivity index (χ0v) is 16.9. The molecule has 1 aliphatic rings. The number of methoxy groups -OCH3 is 1. The second-order valence-corrected chi connectivity index (χ2v) is 6.99. The molecule has 7 heteroatoms. The van der Waals surface area contributed by atoms with Crippen molar-refractivity contribution in [2.45, 2.75) is 6.04 Å². The lowest BCUT2D eigenvalue weighted by Gasteiger charge is -2.34. The van der Waals surface area contributed by atoms with Crippen LogP contribution in [0.25, 0.3) is 11.5 Å². The molecule has 1 saturated heterocycles. The molecule has 0 aliphatic carbocycles. The molecule has 7 nitrogen and oxygen atoms in total. The van der Waals surface area contributed by atoms with E-state index in [0.29, 0.717) is 18.3 Å². The van der Waals surface area contributed by atoms with Crippen LogP contribution in [-0.2, 0) is 4.74 Å². The minimum absolute atomic E-state index is 0.135. The molecule has 4 rings (SSSR count). The molecular weight excluding hydrogens is 380 g/mol. The molecule has 3 aromatic rings. The van der Waals surface area contributed by atoms with Crippen molar-refractivity contribution in [1.82, 2.24) is 9.88 Å². The second-order valence-electron chi connectivity index (χ2n) is 6.99. The van der Waals surface area contributed by atoms with Gasteiger partial charge >= 0.3 is 0 Å². The summed E-state index contributed by atoms with van der Waals surface area (Å²) in [6.07, 6.45) is 0. The number of nitrogens with one attached hydrogen (secondary N) is 1. The number of ether oxygens (including phenoxy) is 2. The molecule has 0 saturated carbocycles. The van der Waals surface area contributed by atoms with Gasteiger partial charge in [-0.05, 0) is 29.8 Å². The molecule has 0 amide bonds. The lowest BCUT2D eigenvalue weighted by atomic mass is 10.0. The van der Waals surface area contributed by atoms with Gasteiger partial charge in [0.05, 0.1) is 26.4 Å². The van der Waals surface area contributed by atoms with Crippen molar-refractivity contribution in [2.24, 2.45) is 0 Å². The molecule has 2 heterocycles. The summed E-state index contributed by atoms with van der Waals surface area (Å²) < 4.78 is 16.6. The van der Waals surface area contributed by atoms with Crippen molar-refractivity contribution < 1.29 is 13.9 Å². The smallest absolute Gasteiger partial charge is 0.232 e. The summed E-state index contributed by atoms with van der Waals surface area (Å²) in [7, 11) is 1.62. The maximum atomic E-state index is 9.53. The highest BCUT2D eigenvalue weighted by molar-refractivity contribution is 5.59. The third kappa shape index (κ3) is 4.46. The van der Waals surface area contributed by atoms with Gasteiger partial charge in [0.1, 0.15) is 11.8 Å². The zero-order chi connectivity index (χ0) is 20.8. The van der Waals surface area contributed by atoms with E-state index in [1.807, 2.05) is 42.5 Å². The lowest BCUT2D eigenvalue weighted by molar-refractivity contribution is 0.0186. The highest BCUT2D eigenvalue weighted by atomic mass is 16.5. The van der Waals surface area contributed by atoms with Gasteiger partial charge in [0.15, 0.2) is 0 Å². The fraction of sp³-hybridized carbons (Fsp3) is 0.304. The number of nitriles is 1. The molecule has 2 aromatic carbocycles. The van der Waals surface area contributed by atoms with Crippen LogP contribution in [0.5, 0.6) is 5.75 Å². The Hall–Kier alpha value is -3.34. The van der Waals surface area contributed by atoms with Gasteiger partial charge in [-0.15, -0.1) is 0 Å². The summed E-state index contributed by atoms with van der Waals surface area (Å²) >= 11 is 0. The number of benzene rings is 2. The zero-order valence-electron chi connectivity index (χ0n) is 16.9. The topological polar surface area (TPSA) is 83.5 Å². The van der Waals surface area contributed by atoms with E-state index in [1.165, 1.54) is 5.56 Å². The van der Waals surface area contributed by atoms with Gasteiger partial charge in [-0.25, -0.2) is 0 Å². The van der Waals surface area contributed by atoms with Gasteiger partial charge in [-0.2, -0.15) is 10.2 Å². The molecule has 1 atom stereocenters. The summed E-state index contributed by atoms with van der Waals surface area (Å²) in [5.41, 5.74) is 2.24. The van der Waals surface area contributed by atoms with Crippen molar-refractivity contribution in [1.29, 1.82) is 5.26 Å². The van der Waals surface area contributed by atoms with Crippen LogP contribution in [0.15, 0.2) is 59.0 Å². The van der Waals surface area contributed by atoms with Gasteiger partial charge in [0, 0.05) is 25.2 Å². The highest BCUT2D eigenvalue weighted by Gasteiger charge is 2.24. The molecule has 0 bridgehead atoms. The van der Waals surface area contributed by atoms with E-state index in [9.17, 15) is 5.26 Å². The first-order chi connectivity index (χ1) is 14.8. The van der Waals surface area contributed by atoms with Gasteiger partial charge in [0.2, 0.25) is 17.5 Å². The number of oxazole rings is 1. The summed E-state index contributed by atoms with van der Waals surface area (Å²) in [6.45, 7) is 3.75. The summed E-state index contributed by atoms with van der Waals surface area (Å²) in [5.74, 6) is 1.54. The Bertz CT molecular complexity index is 990. The Balaban J connectivity index is 1.54. The largest absolute Gasteiger partial charge is 0.497 e. The number of nitrogens with zero attached hydrogens (tertiary/aromatic N) is 3. The van der Waals surface area contributed by atoms with E-state index in [-0.39, 0.29) is 11.7 Å². The van der Waals surface area contributed by atoms with Crippen molar-refractivity contribution in [3.8, 4) is 23.3 Å². The average Bonchev–Trinajstić information content (AvgIpc) is 3.24. The minimum Gasteiger partial charge on any atom is -0.497 e. The van der Waals surface area contributed by atoms with Crippen molar-refractivity contribution in [3.63, 3.8) is 0 Å². The Morgan fingerprint density at radius 2 is 1.87 bits per heavy atom. The number of hydrogen-bond acceptors (Lipinski definition) is 7. The van der Waals surface area contributed by atoms with Gasteiger partial charge in [-0.1, -0.05) is 30.3 Å². The first-order valence-electron chi connectivity index (χ1n) is 9.94. The fourth-order valence-corrected chi connectivity index (χ4v) is 3.58.